The highest BCUT2D eigenvalue weighted by atomic mass is 32.2. The Bertz CT molecular complexity index is 231. The number of nitrogens with one attached hydrogen (secondary N) is 1. The van der Waals surface area contributed by atoms with Crippen LogP contribution in [0, 0.1) is 0 Å². The first kappa shape index (κ1) is 13.0. The van der Waals surface area contributed by atoms with E-state index in [4.69, 9.17) is 0 Å². The molecule has 1 atom stereocenters. The molecule has 0 aromatic carbocycles. The van der Waals surface area contributed by atoms with E-state index in [2.05, 4.69) is 21.9 Å². The Labute approximate surface area is 86.4 Å². The lowest BCUT2D eigenvalue weighted by Gasteiger charge is -2.07. The highest BCUT2D eigenvalue weighted by molar-refractivity contribution is 8.06. The van der Waals surface area contributed by atoms with Crippen molar-refractivity contribution < 1.29 is 14.2 Å². The molecule has 1 N–H and O–H groups in total. The summed E-state index contributed by atoms with van der Waals surface area (Å²) in [6, 6.07) is 0. The number of oxime groups is 1. The molecule has 5 nitrogen and oxygen atoms in total. The molecule has 1 unspecified atom stereocenters. The van der Waals surface area contributed by atoms with Crippen molar-refractivity contribution in [3.63, 3.8) is 0 Å². The van der Waals surface area contributed by atoms with E-state index in [1.807, 2.05) is 0 Å². The summed E-state index contributed by atoms with van der Waals surface area (Å²) >= 11 is -1.25. The molecule has 0 aromatic heterocycles. The van der Waals surface area contributed by atoms with Crippen molar-refractivity contribution in [3.05, 3.63) is 12.7 Å². The van der Waals surface area contributed by atoms with Gasteiger partial charge in [0.2, 0.25) is 0 Å². The number of carbonyl (C=O) groups excluding carboxylic acids is 1. The average Bonchev–Trinajstić information content (AvgIpc) is 2.18. The second-order valence-electron chi connectivity index (χ2n) is 2.27. The zero-order valence-electron chi connectivity index (χ0n) is 8.28. The van der Waals surface area contributed by atoms with E-state index >= 15 is 0 Å². The molecule has 1 amide bonds. The monoisotopic (exact) mass is 218 g/mol. The lowest BCUT2D eigenvalue weighted by atomic mass is 10.5. The smallest absolute Gasteiger partial charge is 0.433 e. The van der Waals surface area contributed by atoms with Crippen LogP contribution < -0.4 is 5.32 Å². The molecule has 0 rings (SSSR count). The molecule has 0 aromatic rings. The third-order valence-electron chi connectivity index (χ3n) is 1.27. The molecule has 0 saturated heterocycles. The van der Waals surface area contributed by atoms with Crippen LogP contribution in [-0.2, 0) is 16.0 Å². The van der Waals surface area contributed by atoms with Crippen molar-refractivity contribution in [1.29, 1.82) is 0 Å². The minimum Gasteiger partial charge on any atom is -0.610 e. The standard InChI is InChI=1S/C8H14N2O3S/c1-4-6-14(12)7(5-2)10-13-8(11)9-3/h4H,1,5-6H2,2-3H3,(H,9,11). The van der Waals surface area contributed by atoms with Gasteiger partial charge in [-0.2, -0.15) is 0 Å². The second kappa shape index (κ2) is 7.40. The average molecular weight is 218 g/mol. The lowest BCUT2D eigenvalue weighted by molar-refractivity contribution is 0.153. The van der Waals surface area contributed by atoms with E-state index in [0.717, 1.165) is 0 Å². The summed E-state index contributed by atoms with van der Waals surface area (Å²) in [5.41, 5.74) is 0. The number of hydrogen-bond donors (Lipinski definition) is 1. The largest absolute Gasteiger partial charge is 0.610 e. The van der Waals surface area contributed by atoms with E-state index in [-0.39, 0.29) is 0 Å². The minimum atomic E-state index is -1.25. The zero-order valence-corrected chi connectivity index (χ0v) is 9.10. The van der Waals surface area contributed by atoms with Gasteiger partial charge >= 0.3 is 6.09 Å². The van der Waals surface area contributed by atoms with Crippen molar-refractivity contribution in [3.8, 4) is 0 Å². The maximum Gasteiger partial charge on any atom is 0.433 e. The van der Waals surface area contributed by atoms with Crippen LogP contribution in [0.1, 0.15) is 13.3 Å². The first-order valence-corrected chi connectivity index (χ1v) is 5.42. The number of nitrogens with zero attached hydrogens (tertiary/aromatic N) is 1. The molecule has 80 valence electrons. The van der Waals surface area contributed by atoms with E-state index < -0.39 is 17.3 Å². The van der Waals surface area contributed by atoms with Crippen molar-refractivity contribution in [2.45, 2.75) is 13.3 Å². The second-order valence-corrected chi connectivity index (χ2v) is 3.76. The van der Waals surface area contributed by atoms with E-state index in [0.29, 0.717) is 17.2 Å². The minimum absolute atomic E-state index is 0.309. The van der Waals surface area contributed by atoms with Crippen LogP contribution in [-0.4, -0.2) is 28.5 Å². The van der Waals surface area contributed by atoms with Gasteiger partial charge in [0.1, 0.15) is 5.75 Å². The van der Waals surface area contributed by atoms with Gasteiger partial charge in [0.05, 0.1) is 0 Å². The molecule has 0 aliphatic carbocycles. The molecule has 0 saturated carbocycles. The summed E-state index contributed by atoms with van der Waals surface area (Å²) in [4.78, 5) is 15.1. The fraction of sp³-hybridized carbons (Fsp3) is 0.500. The first-order chi connectivity index (χ1) is 6.65. The van der Waals surface area contributed by atoms with Crippen molar-refractivity contribution >= 4 is 22.3 Å². The topological polar surface area (TPSA) is 73.8 Å². The summed E-state index contributed by atoms with van der Waals surface area (Å²) in [5.74, 6) is 0.309. The molecule has 0 heterocycles. The fourth-order valence-electron chi connectivity index (χ4n) is 0.608. The maximum atomic E-state index is 11.4. The number of hydrogen-bond acceptors (Lipinski definition) is 4. The van der Waals surface area contributed by atoms with Crippen LogP contribution >= 0.6 is 0 Å². The van der Waals surface area contributed by atoms with Crippen LogP contribution in [0.15, 0.2) is 17.8 Å². The molecule has 6 heteroatoms. The van der Waals surface area contributed by atoms with Gasteiger partial charge in [-0.25, -0.2) is 4.79 Å². The Morgan fingerprint density at radius 1 is 1.79 bits per heavy atom. The third kappa shape index (κ3) is 4.88. The normalized spacial score (nSPS) is 13.2. The highest BCUT2D eigenvalue weighted by Gasteiger charge is 2.14. The van der Waals surface area contributed by atoms with Crippen molar-refractivity contribution in [1.82, 2.24) is 5.32 Å². The van der Waals surface area contributed by atoms with Crippen molar-refractivity contribution in [2.24, 2.45) is 5.16 Å². The molecule has 0 aliphatic heterocycles. The predicted octanol–water partition coefficient (Wildman–Crippen LogP) is 1.00. The number of rotatable bonds is 4. The summed E-state index contributed by atoms with van der Waals surface area (Å²) in [6.07, 6.45) is 1.32. The van der Waals surface area contributed by atoms with Gasteiger partial charge < -0.3 is 9.87 Å². The van der Waals surface area contributed by atoms with Gasteiger partial charge in [-0.05, 0) is 11.2 Å². The van der Waals surface area contributed by atoms with E-state index in [9.17, 15) is 9.35 Å². The Morgan fingerprint density at radius 2 is 2.43 bits per heavy atom. The first-order valence-electron chi connectivity index (χ1n) is 4.10. The highest BCUT2D eigenvalue weighted by Crippen LogP contribution is 2.01. The Morgan fingerprint density at radius 3 is 2.86 bits per heavy atom. The van der Waals surface area contributed by atoms with Crippen LogP contribution in [0.4, 0.5) is 4.79 Å². The lowest BCUT2D eigenvalue weighted by Crippen LogP contribution is -2.21. The fourth-order valence-corrected chi connectivity index (χ4v) is 1.46. The molecule has 0 radical (unpaired) electrons. The summed E-state index contributed by atoms with van der Waals surface area (Å²) in [6.45, 7) is 5.25. The quantitative estimate of drug-likeness (QED) is 0.191. The van der Waals surface area contributed by atoms with Gasteiger partial charge in [0.25, 0.3) is 5.04 Å². The Hall–Kier alpha value is -1.01. The molecule has 14 heavy (non-hydrogen) atoms. The van der Waals surface area contributed by atoms with Gasteiger partial charge in [-0.3, -0.25) is 4.84 Å². The van der Waals surface area contributed by atoms with Crippen LogP contribution in [0.2, 0.25) is 0 Å². The van der Waals surface area contributed by atoms with E-state index in [1.54, 1.807) is 6.92 Å². The molecular weight excluding hydrogens is 204 g/mol. The summed E-state index contributed by atoms with van der Waals surface area (Å²) < 4.78 is 11.4. The maximum absolute atomic E-state index is 11.4. The van der Waals surface area contributed by atoms with E-state index in [1.165, 1.54) is 13.1 Å². The van der Waals surface area contributed by atoms with Gasteiger partial charge in [0, 0.05) is 24.6 Å². The van der Waals surface area contributed by atoms with Gasteiger partial charge in [-0.1, -0.05) is 13.5 Å². The van der Waals surface area contributed by atoms with Crippen LogP contribution in [0.25, 0.3) is 0 Å². The zero-order chi connectivity index (χ0) is 11.0. The number of carbonyl (C=O) groups is 1. The van der Waals surface area contributed by atoms with Gasteiger partial charge in [0.15, 0.2) is 0 Å². The summed E-state index contributed by atoms with van der Waals surface area (Å²) in [5, 5.41) is 6.06. The van der Waals surface area contributed by atoms with Crippen molar-refractivity contribution in [2.75, 3.05) is 12.8 Å². The third-order valence-corrected chi connectivity index (χ3v) is 2.70. The SMILES string of the molecule is C=CC[S+]([O-])C(CC)=NOC(=O)NC. The molecule has 0 fully saturated rings. The molecule has 0 bridgehead atoms. The predicted molar refractivity (Wildman–Crippen MR) is 56.5 cm³/mol. The van der Waals surface area contributed by atoms with Crippen LogP contribution in [0.3, 0.4) is 0 Å². The van der Waals surface area contributed by atoms with Crippen LogP contribution in [0.5, 0.6) is 0 Å². The Balaban J connectivity index is 4.23. The Kier molecular flexibility index (Phi) is 6.87. The molecular formula is C8H14N2O3S. The number of amides is 1. The molecule has 0 spiro atoms. The molecule has 0 aliphatic rings. The van der Waals surface area contributed by atoms with Gasteiger partial charge in [-0.15, -0.1) is 0 Å². The summed E-state index contributed by atoms with van der Waals surface area (Å²) in [7, 11) is 1.42.